The molecule has 3 aromatic rings. The largest absolute Gasteiger partial charge is 0.461 e. The second-order valence-corrected chi connectivity index (χ2v) is 9.65. The van der Waals surface area contributed by atoms with Crippen LogP contribution >= 0.6 is 11.3 Å². The minimum Gasteiger partial charge on any atom is -0.461 e. The van der Waals surface area contributed by atoms with Crippen molar-refractivity contribution in [1.82, 2.24) is 9.78 Å². The Morgan fingerprint density at radius 1 is 1.17 bits per heavy atom. The maximum absolute atomic E-state index is 13.4. The van der Waals surface area contributed by atoms with Crippen molar-refractivity contribution in [3.63, 3.8) is 0 Å². The molecule has 0 unspecified atom stereocenters. The van der Waals surface area contributed by atoms with E-state index >= 15 is 0 Å². The van der Waals surface area contributed by atoms with Gasteiger partial charge in [0, 0.05) is 17.2 Å². The summed E-state index contributed by atoms with van der Waals surface area (Å²) in [6, 6.07) is 3.87. The molecule has 36 heavy (non-hydrogen) atoms. The number of anilines is 1. The Morgan fingerprint density at radius 3 is 2.50 bits per heavy atom. The van der Waals surface area contributed by atoms with Gasteiger partial charge < -0.3 is 10.1 Å². The molecule has 4 rings (SSSR count). The molecule has 1 amide bonds. The third kappa shape index (κ3) is 5.61. The number of benzene rings is 1. The van der Waals surface area contributed by atoms with Crippen LogP contribution in [0.5, 0.6) is 0 Å². The molecular formula is C25H26F3N3O4S. The predicted octanol–water partition coefficient (Wildman–Crippen LogP) is 5.94. The lowest BCUT2D eigenvalue weighted by atomic mass is 9.86. The van der Waals surface area contributed by atoms with E-state index in [2.05, 4.69) is 10.4 Å². The lowest BCUT2D eigenvalue weighted by Crippen LogP contribution is -2.25. The average molecular weight is 522 g/mol. The summed E-state index contributed by atoms with van der Waals surface area (Å²) in [5.41, 5.74) is -1.67. The van der Waals surface area contributed by atoms with Crippen molar-refractivity contribution >= 4 is 39.0 Å². The molecule has 2 aromatic heterocycles. The number of carbonyl (C=O) groups is 2. The number of halogens is 3. The predicted molar refractivity (Wildman–Crippen MR) is 131 cm³/mol. The highest BCUT2D eigenvalue weighted by molar-refractivity contribution is 7.16. The van der Waals surface area contributed by atoms with Crippen LogP contribution in [0.2, 0.25) is 0 Å². The van der Waals surface area contributed by atoms with Crippen LogP contribution in [0.1, 0.15) is 67.9 Å². The zero-order chi connectivity index (χ0) is 25.9. The Bertz CT molecular complexity index is 1310. The normalized spacial score (nSPS) is 14.7. The SMILES string of the molecule is CCOC(=O)c1nn(-c2ccc(C(F)(F)F)cc2)c(=O)c2c(NC(=O)CCC3CCCCC3)scc12. The van der Waals surface area contributed by atoms with E-state index in [1.54, 1.807) is 12.3 Å². The minimum atomic E-state index is -4.54. The van der Waals surface area contributed by atoms with Crippen molar-refractivity contribution < 1.29 is 27.5 Å². The quantitative estimate of drug-likeness (QED) is 0.389. The number of amides is 1. The number of hydrogen-bond acceptors (Lipinski definition) is 6. The van der Waals surface area contributed by atoms with Gasteiger partial charge in [-0.25, -0.2) is 4.79 Å². The van der Waals surface area contributed by atoms with Crippen LogP contribution in [0.4, 0.5) is 18.2 Å². The summed E-state index contributed by atoms with van der Waals surface area (Å²) >= 11 is 1.08. The van der Waals surface area contributed by atoms with E-state index in [0.717, 1.165) is 59.5 Å². The molecule has 1 fully saturated rings. The summed E-state index contributed by atoms with van der Waals surface area (Å²) in [5.74, 6) is -0.503. The van der Waals surface area contributed by atoms with Gasteiger partial charge in [0.25, 0.3) is 5.56 Å². The molecule has 1 aliphatic carbocycles. The van der Waals surface area contributed by atoms with Crippen LogP contribution in [-0.4, -0.2) is 28.3 Å². The number of fused-ring (bicyclic) bond motifs is 1. The fraction of sp³-hybridized carbons (Fsp3) is 0.440. The number of esters is 1. The van der Waals surface area contributed by atoms with E-state index < -0.39 is 23.3 Å². The number of nitrogens with zero attached hydrogens (tertiary/aromatic N) is 2. The third-order valence-electron chi connectivity index (χ3n) is 6.32. The second kappa shape index (κ2) is 10.8. The highest BCUT2D eigenvalue weighted by Crippen LogP contribution is 2.33. The zero-order valence-electron chi connectivity index (χ0n) is 19.7. The van der Waals surface area contributed by atoms with E-state index in [-0.39, 0.29) is 39.7 Å². The van der Waals surface area contributed by atoms with Crippen LogP contribution in [0.15, 0.2) is 34.4 Å². The van der Waals surface area contributed by atoms with E-state index in [4.69, 9.17) is 4.74 Å². The third-order valence-corrected chi connectivity index (χ3v) is 7.21. The van der Waals surface area contributed by atoms with Crippen LogP contribution < -0.4 is 10.9 Å². The summed E-state index contributed by atoms with van der Waals surface area (Å²) in [7, 11) is 0. The number of aromatic nitrogens is 2. The number of hydrogen-bond donors (Lipinski definition) is 1. The monoisotopic (exact) mass is 521 g/mol. The molecule has 7 nitrogen and oxygen atoms in total. The molecule has 2 heterocycles. The van der Waals surface area contributed by atoms with Gasteiger partial charge in [-0.05, 0) is 43.5 Å². The molecule has 0 atom stereocenters. The zero-order valence-corrected chi connectivity index (χ0v) is 20.5. The van der Waals surface area contributed by atoms with E-state index in [0.29, 0.717) is 12.3 Å². The maximum Gasteiger partial charge on any atom is 0.416 e. The van der Waals surface area contributed by atoms with E-state index in [1.165, 1.54) is 19.3 Å². The average Bonchev–Trinajstić information content (AvgIpc) is 3.27. The summed E-state index contributed by atoms with van der Waals surface area (Å²) in [4.78, 5) is 38.7. The Morgan fingerprint density at radius 2 is 1.86 bits per heavy atom. The first-order chi connectivity index (χ1) is 17.2. The maximum atomic E-state index is 13.4. The molecule has 192 valence electrons. The molecule has 1 saturated carbocycles. The van der Waals surface area contributed by atoms with Crippen molar-refractivity contribution in [2.45, 2.75) is 58.0 Å². The number of alkyl halides is 3. The van der Waals surface area contributed by atoms with Crippen molar-refractivity contribution in [1.29, 1.82) is 0 Å². The smallest absolute Gasteiger partial charge is 0.416 e. The molecule has 0 saturated heterocycles. The molecular weight excluding hydrogens is 495 g/mol. The van der Waals surface area contributed by atoms with Gasteiger partial charge in [-0.2, -0.15) is 23.0 Å². The van der Waals surface area contributed by atoms with Crippen molar-refractivity contribution in [2.24, 2.45) is 5.92 Å². The van der Waals surface area contributed by atoms with Crippen molar-refractivity contribution in [3.8, 4) is 5.69 Å². The summed E-state index contributed by atoms with van der Waals surface area (Å²) in [5, 5.41) is 8.99. The minimum absolute atomic E-state index is 0.0428. The van der Waals surface area contributed by atoms with Crippen LogP contribution in [0.25, 0.3) is 16.5 Å². The van der Waals surface area contributed by atoms with Crippen LogP contribution in [-0.2, 0) is 15.7 Å². The first kappa shape index (κ1) is 25.9. The topological polar surface area (TPSA) is 90.3 Å². The Labute approximate surface area is 209 Å². The van der Waals surface area contributed by atoms with E-state index in [1.807, 2.05) is 0 Å². The molecule has 11 heteroatoms. The van der Waals surface area contributed by atoms with Gasteiger partial charge >= 0.3 is 12.1 Å². The van der Waals surface area contributed by atoms with Gasteiger partial charge in [0.2, 0.25) is 5.91 Å². The van der Waals surface area contributed by atoms with Gasteiger partial charge in [0.15, 0.2) is 5.69 Å². The van der Waals surface area contributed by atoms with Gasteiger partial charge in [-0.15, -0.1) is 11.3 Å². The fourth-order valence-corrected chi connectivity index (χ4v) is 5.41. The highest BCUT2D eigenvalue weighted by atomic mass is 32.1. The first-order valence-electron chi connectivity index (χ1n) is 11.9. The van der Waals surface area contributed by atoms with E-state index in [9.17, 15) is 27.6 Å². The molecule has 0 bridgehead atoms. The van der Waals surface area contributed by atoms with Crippen molar-refractivity contribution in [3.05, 3.63) is 51.3 Å². The fourth-order valence-electron chi connectivity index (χ4n) is 4.46. The highest BCUT2D eigenvalue weighted by Gasteiger charge is 2.30. The van der Waals surface area contributed by atoms with Gasteiger partial charge in [-0.3, -0.25) is 9.59 Å². The molecule has 0 aliphatic heterocycles. The molecule has 0 radical (unpaired) electrons. The Balaban J connectivity index is 1.70. The van der Waals surface area contributed by atoms with Crippen molar-refractivity contribution in [2.75, 3.05) is 11.9 Å². The Kier molecular flexibility index (Phi) is 7.77. The number of ether oxygens (including phenoxy) is 1. The molecule has 1 N–H and O–H groups in total. The second-order valence-electron chi connectivity index (χ2n) is 8.78. The lowest BCUT2D eigenvalue weighted by Gasteiger charge is -2.20. The summed E-state index contributed by atoms with van der Waals surface area (Å²) < 4.78 is 44.9. The molecule has 0 spiro atoms. The first-order valence-corrected chi connectivity index (χ1v) is 12.8. The number of nitrogens with one attached hydrogen (secondary N) is 1. The molecule has 1 aliphatic rings. The number of thiophene rings is 1. The van der Waals surface area contributed by atoms with Gasteiger partial charge in [0.05, 0.1) is 23.2 Å². The molecule has 1 aromatic carbocycles. The van der Waals surface area contributed by atoms with Gasteiger partial charge in [0.1, 0.15) is 5.00 Å². The number of carbonyl (C=O) groups excluding carboxylic acids is 2. The number of rotatable bonds is 7. The van der Waals surface area contributed by atoms with Crippen LogP contribution in [0, 0.1) is 5.92 Å². The van der Waals surface area contributed by atoms with Crippen LogP contribution in [0.3, 0.4) is 0 Å². The summed E-state index contributed by atoms with van der Waals surface area (Å²) in [6.45, 7) is 1.68. The van der Waals surface area contributed by atoms with Gasteiger partial charge in [-0.1, -0.05) is 32.1 Å². The lowest BCUT2D eigenvalue weighted by molar-refractivity contribution is -0.137. The standard InChI is InChI=1S/C25H26F3N3O4S/c1-2-35-24(34)21-18-14-36-22(29-19(32)13-8-15-6-4-3-5-7-15)20(18)23(33)31(30-21)17-11-9-16(10-12-17)25(26,27)28/h9-12,14-15H,2-8,13H2,1H3,(H,29,32). The summed E-state index contributed by atoms with van der Waals surface area (Å²) in [6.07, 6.45) is 2.34. The Hall–Kier alpha value is -3.21.